The number of para-hydroxylation sites is 2. The van der Waals surface area contributed by atoms with Gasteiger partial charge in [0.25, 0.3) is 5.91 Å². The molecule has 0 fully saturated rings. The number of ether oxygens (including phenoxy) is 1. The van der Waals surface area contributed by atoms with E-state index in [0.29, 0.717) is 12.4 Å². The van der Waals surface area contributed by atoms with E-state index in [9.17, 15) is 4.79 Å². The zero-order valence-electron chi connectivity index (χ0n) is 18.8. The number of unbranched alkanes of at least 4 members (excludes halogenated alkanes) is 1. The minimum atomic E-state index is -0.258. The maximum absolute atomic E-state index is 12.4. The zero-order valence-corrected chi connectivity index (χ0v) is 18.8. The summed E-state index contributed by atoms with van der Waals surface area (Å²) in [5.74, 6) is 1.83. The topological polar surface area (TPSA) is 69.3 Å². The third kappa shape index (κ3) is 4.85. The number of benzene rings is 2. The van der Waals surface area contributed by atoms with Crippen molar-refractivity contribution < 1.29 is 13.9 Å². The standard InChI is InChI=1S/C26H29N3O3/c1-18-12-13-23(19(2)17-18)31-15-7-6-14-29-22-10-5-4-9-21(22)28-25(29)20(3)27-26(30)24-11-8-16-32-24/h4-5,8-13,16-17,20H,6-7,14-15H2,1-3H3,(H,27,30). The van der Waals surface area contributed by atoms with Crippen LogP contribution in [-0.2, 0) is 6.54 Å². The Labute approximate surface area is 188 Å². The predicted octanol–water partition coefficient (Wildman–Crippen LogP) is 5.60. The van der Waals surface area contributed by atoms with E-state index >= 15 is 0 Å². The van der Waals surface area contributed by atoms with Gasteiger partial charge in [-0.15, -0.1) is 0 Å². The van der Waals surface area contributed by atoms with Gasteiger partial charge in [0, 0.05) is 6.54 Å². The van der Waals surface area contributed by atoms with E-state index in [1.807, 2.05) is 31.2 Å². The van der Waals surface area contributed by atoms with Gasteiger partial charge in [-0.2, -0.15) is 0 Å². The first kappa shape index (κ1) is 21.7. The molecule has 2 aromatic carbocycles. The summed E-state index contributed by atoms with van der Waals surface area (Å²) in [7, 11) is 0. The highest BCUT2D eigenvalue weighted by molar-refractivity contribution is 5.91. The summed E-state index contributed by atoms with van der Waals surface area (Å²) in [4.78, 5) is 17.2. The Kier molecular flexibility index (Phi) is 6.59. The van der Waals surface area contributed by atoms with Crippen molar-refractivity contribution in [3.05, 3.63) is 83.6 Å². The van der Waals surface area contributed by atoms with Crippen molar-refractivity contribution in [1.82, 2.24) is 14.9 Å². The summed E-state index contributed by atoms with van der Waals surface area (Å²) < 4.78 is 13.4. The lowest BCUT2D eigenvalue weighted by atomic mass is 10.1. The number of aryl methyl sites for hydroxylation is 3. The molecule has 0 aliphatic carbocycles. The second kappa shape index (κ2) is 9.73. The number of nitrogens with one attached hydrogen (secondary N) is 1. The fourth-order valence-corrected chi connectivity index (χ4v) is 3.92. The van der Waals surface area contributed by atoms with Crippen LogP contribution in [0.4, 0.5) is 0 Å². The molecule has 2 aromatic heterocycles. The van der Waals surface area contributed by atoms with Crippen molar-refractivity contribution >= 4 is 16.9 Å². The van der Waals surface area contributed by atoms with Crippen LogP contribution in [0.5, 0.6) is 5.75 Å². The Morgan fingerprint density at radius 3 is 2.75 bits per heavy atom. The second-order valence-electron chi connectivity index (χ2n) is 8.11. The van der Waals surface area contributed by atoms with Crippen LogP contribution in [-0.4, -0.2) is 22.1 Å². The molecule has 0 saturated carbocycles. The Bertz CT molecular complexity index is 1190. The lowest BCUT2D eigenvalue weighted by molar-refractivity contribution is 0.0909. The monoisotopic (exact) mass is 431 g/mol. The van der Waals surface area contributed by atoms with E-state index in [0.717, 1.165) is 47.6 Å². The molecule has 0 aliphatic rings. The van der Waals surface area contributed by atoms with E-state index in [-0.39, 0.29) is 11.9 Å². The van der Waals surface area contributed by atoms with Crippen LogP contribution < -0.4 is 10.1 Å². The maximum Gasteiger partial charge on any atom is 0.287 e. The van der Waals surface area contributed by atoms with Crippen molar-refractivity contribution in [1.29, 1.82) is 0 Å². The number of carbonyl (C=O) groups excluding carboxylic acids is 1. The normalized spacial score (nSPS) is 12.1. The van der Waals surface area contributed by atoms with Gasteiger partial charge in [0.15, 0.2) is 5.76 Å². The molecule has 32 heavy (non-hydrogen) atoms. The number of carbonyl (C=O) groups is 1. The quantitative estimate of drug-likeness (QED) is 0.350. The molecule has 6 nitrogen and oxygen atoms in total. The van der Waals surface area contributed by atoms with Crippen molar-refractivity contribution in [2.75, 3.05) is 6.61 Å². The molecule has 6 heteroatoms. The predicted molar refractivity (Wildman–Crippen MR) is 125 cm³/mol. The van der Waals surface area contributed by atoms with Gasteiger partial charge in [-0.3, -0.25) is 4.79 Å². The summed E-state index contributed by atoms with van der Waals surface area (Å²) in [6.45, 7) is 7.57. The molecule has 4 aromatic rings. The lowest BCUT2D eigenvalue weighted by Gasteiger charge is -2.16. The van der Waals surface area contributed by atoms with Crippen molar-refractivity contribution in [2.24, 2.45) is 0 Å². The molecule has 0 bridgehead atoms. The highest BCUT2D eigenvalue weighted by Gasteiger charge is 2.20. The molecule has 0 spiro atoms. The molecular weight excluding hydrogens is 402 g/mol. The number of fused-ring (bicyclic) bond motifs is 1. The molecule has 1 N–H and O–H groups in total. The summed E-state index contributed by atoms with van der Waals surface area (Å²) in [5.41, 5.74) is 4.39. The van der Waals surface area contributed by atoms with Gasteiger partial charge in [-0.05, 0) is 69.5 Å². The zero-order chi connectivity index (χ0) is 22.5. The van der Waals surface area contributed by atoms with Gasteiger partial charge in [-0.25, -0.2) is 4.98 Å². The molecule has 2 heterocycles. The van der Waals surface area contributed by atoms with Crippen LogP contribution in [0.2, 0.25) is 0 Å². The van der Waals surface area contributed by atoms with Crippen LogP contribution in [0.1, 0.15) is 53.3 Å². The number of aromatic nitrogens is 2. The highest BCUT2D eigenvalue weighted by Crippen LogP contribution is 2.23. The molecular formula is C26H29N3O3. The van der Waals surface area contributed by atoms with Crippen LogP contribution in [0, 0.1) is 13.8 Å². The second-order valence-corrected chi connectivity index (χ2v) is 8.11. The van der Waals surface area contributed by atoms with E-state index in [4.69, 9.17) is 14.1 Å². The van der Waals surface area contributed by atoms with Gasteiger partial charge in [-0.1, -0.05) is 29.8 Å². The minimum Gasteiger partial charge on any atom is -0.493 e. The van der Waals surface area contributed by atoms with Gasteiger partial charge in [0.2, 0.25) is 0 Å². The molecule has 166 valence electrons. The van der Waals surface area contributed by atoms with E-state index in [1.54, 1.807) is 12.1 Å². The summed E-state index contributed by atoms with van der Waals surface area (Å²) in [5, 5.41) is 2.99. The van der Waals surface area contributed by atoms with Gasteiger partial charge in [0.1, 0.15) is 11.6 Å². The molecule has 0 radical (unpaired) electrons. The third-order valence-corrected chi connectivity index (χ3v) is 5.53. The van der Waals surface area contributed by atoms with Crippen LogP contribution in [0.15, 0.2) is 65.3 Å². The van der Waals surface area contributed by atoms with Crippen molar-refractivity contribution in [2.45, 2.75) is 46.2 Å². The number of hydrogen-bond donors (Lipinski definition) is 1. The average Bonchev–Trinajstić information content (AvgIpc) is 3.43. The molecule has 1 unspecified atom stereocenters. The van der Waals surface area contributed by atoms with Crippen molar-refractivity contribution in [3.63, 3.8) is 0 Å². The highest BCUT2D eigenvalue weighted by atomic mass is 16.5. The lowest BCUT2D eigenvalue weighted by Crippen LogP contribution is -2.28. The van der Waals surface area contributed by atoms with Gasteiger partial charge < -0.3 is 19.0 Å². The molecule has 4 rings (SSSR count). The van der Waals surface area contributed by atoms with Crippen molar-refractivity contribution in [3.8, 4) is 5.75 Å². The largest absolute Gasteiger partial charge is 0.493 e. The first-order valence-electron chi connectivity index (χ1n) is 11.0. The maximum atomic E-state index is 12.4. The number of rotatable bonds is 9. The Morgan fingerprint density at radius 1 is 1.12 bits per heavy atom. The van der Waals surface area contributed by atoms with Crippen LogP contribution >= 0.6 is 0 Å². The number of imidazole rings is 1. The summed E-state index contributed by atoms with van der Waals surface area (Å²) >= 11 is 0. The fraction of sp³-hybridized carbons (Fsp3) is 0.308. The number of amides is 1. The number of furan rings is 1. The smallest absolute Gasteiger partial charge is 0.287 e. The van der Waals surface area contributed by atoms with E-state index < -0.39 is 0 Å². The molecule has 1 atom stereocenters. The van der Waals surface area contributed by atoms with Crippen LogP contribution in [0.25, 0.3) is 11.0 Å². The summed E-state index contributed by atoms with van der Waals surface area (Å²) in [6.07, 6.45) is 3.36. The first-order chi connectivity index (χ1) is 15.5. The number of hydrogen-bond acceptors (Lipinski definition) is 4. The van der Waals surface area contributed by atoms with E-state index in [1.165, 1.54) is 11.8 Å². The third-order valence-electron chi connectivity index (χ3n) is 5.53. The average molecular weight is 432 g/mol. The Hall–Kier alpha value is -3.54. The SMILES string of the molecule is Cc1ccc(OCCCCn2c(C(C)NC(=O)c3ccco3)nc3ccccc32)c(C)c1. The van der Waals surface area contributed by atoms with E-state index in [2.05, 4.69) is 41.9 Å². The Balaban J connectivity index is 1.41. The number of nitrogens with zero attached hydrogens (tertiary/aromatic N) is 2. The van der Waals surface area contributed by atoms with Gasteiger partial charge >= 0.3 is 0 Å². The van der Waals surface area contributed by atoms with Gasteiger partial charge in [0.05, 0.1) is 29.9 Å². The summed E-state index contributed by atoms with van der Waals surface area (Å²) in [6, 6.07) is 17.4. The first-order valence-corrected chi connectivity index (χ1v) is 11.0. The van der Waals surface area contributed by atoms with Crippen LogP contribution in [0.3, 0.4) is 0 Å². The molecule has 0 aliphatic heterocycles. The molecule has 0 saturated heterocycles. The molecule has 1 amide bonds. The Morgan fingerprint density at radius 2 is 1.97 bits per heavy atom. The minimum absolute atomic E-state index is 0.247. The fourth-order valence-electron chi connectivity index (χ4n) is 3.92.